The molecule has 1 saturated heterocycles. The van der Waals surface area contributed by atoms with Gasteiger partial charge in [0.1, 0.15) is 22.0 Å². The van der Waals surface area contributed by atoms with Crippen LogP contribution in [0.25, 0.3) is 0 Å². The second-order valence-electron chi connectivity index (χ2n) is 5.75. The summed E-state index contributed by atoms with van der Waals surface area (Å²) in [4.78, 5) is 13.4. The lowest BCUT2D eigenvalue weighted by atomic mass is 10.2. The maximum Gasteiger partial charge on any atom is 0.340 e. The van der Waals surface area contributed by atoms with Crippen LogP contribution in [0.15, 0.2) is 9.31 Å². The van der Waals surface area contributed by atoms with E-state index in [1.54, 1.807) is 0 Å². The minimum Gasteiger partial charge on any atom is -0.478 e. The van der Waals surface area contributed by atoms with E-state index in [-0.39, 0.29) is 28.0 Å². The molecule has 8 heteroatoms. The Morgan fingerprint density at radius 3 is 2.43 bits per heavy atom. The number of carboxylic acids is 1. The first-order valence-corrected chi connectivity index (χ1v) is 9.25. The zero-order valence-electron chi connectivity index (χ0n) is 14.0. The molecule has 0 unspecified atom stereocenters. The molecule has 7 nitrogen and oxygen atoms in total. The topological polar surface area (TPSA) is 91.1 Å². The number of aryl methyl sites for hydroxylation is 2. The molecule has 1 aliphatic rings. The molecule has 1 N–H and O–H groups in total. The molecule has 0 bridgehead atoms. The van der Waals surface area contributed by atoms with Gasteiger partial charge >= 0.3 is 5.97 Å². The van der Waals surface area contributed by atoms with E-state index in [0.717, 1.165) is 19.5 Å². The molecular formula is C15H24N2O5S. The molecule has 1 atom stereocenters. The number of likely N-dealkylation sites (N-methyl/N-ethyl adjacent to an activating group) is 1. The summed E-state index contributed by atoms with van der Waals surface area (Å²) in [6, 6.07) is 0.168. The Balaban J connectivity index is 2.36. The molecular weight excluding hydrogens is 320 g/mol. The molecule has 1 aromatic heterocycles. The van der Waals surface area contributed by atoms with Gasteiger partial charge in [-0.2, -0.15) is 4.31 Å². The minimum atomic E-state index is -3.88. The van der Waals surface area contributed by atoms with Crippen molar-refractivity contribution in [3.63, 3.8) is 0 Å². The average molecular weight is 344 g/mol. The number of hydrogen-bond donors (Lipinski definition) is 1. The Hall–Kier alpha value is -1.38. The van der Waals surface area contributed by atoms with Crippen LogP contribution in [-0.2, 0) is 10.0 Å². The summed E-state index contributed by atoms with van der Waals surface area (Å²) in [5.41, 5.74) is -0.256. The summed E-state index contributed by atoms with van der Waals surface area (Å²) < 4.78 is 32.5. The van der Waals surface area contributed by atoms with Crippen LogP contribution in [0.2, 0.25) is 0 Å². The van der Waals surface area contributed by atoms with Gasteiger partial charge in [0.2, 0.25) is 10.0 Å². The third kappa shape index (κ3) is 3.15. The summed E-state index contributed by atoms with van der Waals surface area (Å²) in [6.07, 6.45) is 0.749. The fourth-order valence-corrected chi connectivity index (χ4v) is 5.18. The van der Waals surface area contributed by atoms with Crippen LogP contribution in [0.1, 0.15) is 42.1 Å². The molecule has 130 valence electrons. The Morgan fingerprint density at radius 1 is 1.30 bits per heavy atom. The average Bonchev–Trinajstić information content (AvgIpc) is 3.05. The van der Waals surface area contributed by atoms with Gasteiger partial charge in [-0.15, -0.1) is 0 Å². The number of carboxylic acid groups (broad SMARTS) is 1. The van der Waals surface area contributed by atoms with Gasteiger partial charge in [0, 0.05) is 19.1 Å². The van der Waals surface area contributed by atoms with Gasteiger partial charge in [0.05, 0.1) is 0 Å². The number of nitrogens with zero attached hydrogens (tertiary/aromatic N) is 2. The monoisotopic (exact) mass is 344 g/mol. The third-order valence-electron chi connectivity index (χ3n) is 4.47. The van der Waals surface area contributed by atoms with Crippen LogP contribution in [0.4, 0.5) is 0 Å². The molecule has 1 fully saturated rings. The van der Waals surface area contributed by atoms with E-state index >= 15 is 0 Å². The maximum atomic E-state index is 12.9. The lowest BCUT2D eigenvalue weighted by Crippen LogP contribution is -2.38. The van der Waals surface area contributed by atoms with Crippen molar-refractivity contribution in [3.8, 4) is 0 Å². The van der Waals surface area contributed by atoms with E-state index in [1.165, 1.54) is 18.2 Å². The van der Waals surface area contributed by atoms with Crippen molar-refractivity contribution < 1.29 is 22.7 Å². The Morgan fingerprint density at radius 2 is 1.91 bits per heavy atom. The summed E-state index contributed by atoms with van der Waals surface area (Å²) in [5.74, 6) is -1.03. The second kappa shape index (κ2) is 6.62. The summed E-state index contributed by atoms with van der Waals surface area (Å²) in [6.45, 7) is 9.56. The highest BCUT2D eigenvalue weighted by atomic mass is 32.2. The van der Waals surface area contributed by atoms with Crippen LogP contribution in [0.5, 0.6) is 0 Å². The zero-order valence-corrected chi connectivity index (χ0v) is 14.8. The van der Waals surface area contributed by atoms with Crippen molar-refractivity contribution >= 4 is 16.0 Å². The van der Waals surface area contributed by atoms with Gasteiger partial charge in [-0.25, -0.2) is 13.2 Å². The number of carbonyl (C=O) groups is 1. The van der Waals surface area contributed by atoms with E-state index in [9.17, 15) is 18.3 Å². The first-order valence-electron chi connectivity index (χ1n) is 7.81. The molecule has 2 rings (SSSR count). The summed E-state index contributed by atoms with van der Waals surface area (Å²) in [5, 5.41) is 9.33. The quantitative estimate of drug-likeness (QED) is 0.844. The van der Waals surface area contributed by atoms with E-state index in [1.807, 2.05) is 13.8 Å². The smallest absolute Gasteiger partial charge is 0.340 e. The molecule has 0 amide bonds. The number of rotatable bonds is 6. The normalized spacial score (nSPS) is 19.6. The van der Waals surface area contributed by atoms with Gasteiger partial charge in [-0.05, 0) is 33.4 Å². The van der Waals surface area contributed by atoms with E-state index in [4.69, 9.17) is 4.42 Å². The lowest BCUT2D eigenvalue weighted by molar-refractivity contribution is 0.0691. The molecule has 1 aliphatic heterocycles. The molecule has 2 heterocycles. The molecule has 0 aliphatic carbocycles. The Labute approximate surface area is 136 Å². The Kier molecular flexibility index (Phi) is 5.17. The highest BCUT2D eigenvalue weighted by molar-refractivity contribution is 7.89. The zero-order chi connectivity index (χ0) is 17.4. The van der Waals surface area contributed by atoms with Gasteiger partial charge in [0.25, 0.3) is 0 Å². The van der Waals surface area contributed by atoms with Crippen molar-refractivity contribution in [1.82, 2.24) is 9.21 Å². The van der Waals surface area contributed by atoms with Gasteiger partial charge in [-0.1, -0.05) is 13.8 Å². The molecule has 0 saturated carbocycles. The Bertz CT molecular complexity index is 691. The predicted molar refractivity (Wildman–Crippen MR) is 85.2 cm³/mol. The molecule has 1 aromatic rings. The van der Waals surface area contributed by atoms with Crippen LogP contribution in [0.3, 0.4) is 0 Å². The number of sulfonamides is 1. The van der Waals surface area contributed by atoms with Crippen LogP contribution in [0, 0.1) is 13.8 Å². The van der Waals surface area contributed by atoms with Crippen LogP contribution in [-0.4, -0.2) is 60.9 Å². The minimum absolute atomic E-state index is 0.119. The summed E-state index contributed by atoms with van der Waals surface area (Å²) in [7, 11) is -3.88. The van der Waals surface area contributed by atoms with E-state index < -0.39 is 16.0 Å². The van der Waals surface area contributed by atoms with Crippen molar-refractivity contribution in [2.75, 3.05) is 26.2 Å². The molecule has 0 spiro atoms. The lowest BCUT2D eigenvalue weighted by Gasteiger charge is -2.26. The number of aromatic carboxylic acids is 1. The standard InChI is InChI=1S/C15H24N2O5S/c1-5-16(6-2)12-7-8-17(9-12)23(20,21)14-11(4)22-10(3)13(14)15(18)19/h12H,5-9H2,1-4H3,(H,18,19)/t12-/m0/s1. The maximum absolute atomic E-state index is 12.9. The summed E-state index contributed by atoms with van der Waals surface area (Å²) >= 11 is 0. The highest BCUT2D eigenvalue weighted by Crippen LogP contribution is 2.31. The van der Waals surface area contributed by atoms with Crippen molar-refractivity contribution in [2.24, 2.45) is 0 Å². The molecule has 0 radical (unpaired) electrons. The number of furan rings is 1. The first-order chi connectivity index (χ1) is 10.7. The predicted octanol–water partition coefficient (Wildman–Crippen LogP) is 1.70. The largest absolute Gasteiger partial charge is 0.478 e. The van der Waals surface area contributed by atoms with E-state index in [0.29, 0.717) is 13.1 Å². The molecule has 23 heavy (non-hydrogen) atoms. The van der Waals surface area contributed by atoms with E-state index in [2.05, 4.69) is 4.90 Å². The van der Waals surface area contributed by atoms with Gasteiger partial charge in [0.15, 0.2) is 0 Å². The fraction of sp³-hybridized carbons (Fsp3) is 0.667. The van der Waals surface area contributed by atoms with Crippen LogP contribution < -0.4 is 0 Å². The second-order valence-corrected chi connectivity index (χ2v) is 7.63. The van der Waals surface area contributed by atoms with Crippen molar-refractivity contribution in [1.29, 1.82) is 0 Å². The highest BCUT2D eigenvalue weighted by Gasteiger charge is 2.39. The van der Waals surface area contributed by atoms with Gasteiger partial charge < -0.3 is 9.52 Å². The SMILES string of the molecule is CCN(CC)[C@H]1CCN(S(=O)(=O)c2c(C)oc(C)c2C(=O)O)C1. The van der Waals surface area contributed by atoms with Crippen molar-refractivity contribution in [3.05, 3.63) is 17.1 Å². The molecule has 0 aromatic carbocycles. The fourth-order valence-electron chi connectivity index (χ4n) is 3.32. The number of hydrogen-bond acceptors (Lipinski definition) is 5. The first kappa shape index (κ1) is 18.0. The van der Waals surface area contributed by atoms with Gasteiger partial charge in [-0.3, -0.25) is 4.90 Å². The van der Waals surface area contributed by atoms with Crippen LogP contribution >= 0.6 is 0 Å². The third-order valence-corrected chi connectivity index (χ3v) is 6.49. The van der Waals surface area contributed by atoms with Crippen molar-refractivity contribution in [2.45, 2.75) is 45.1 Å².